The molecule has 0 saturated carbocycles. The van der Waals surface area contributed by atoms with Gasteiger partial charge < -0.3 is 14.9 Å². The van der Waals surface area contributed by atoms with E-state index in [1.54, 1.807) is 15.7 Å². The molecule has 1 aliphatic rings. The van der Waals surface area contributed by atoms with E-state index in [1.165, 1.54) is 6.92 Å². The first-order chi connectivity index (χ1) is 11.0. The number of rotatable bonds is 2. The smallest absolute Gasteiger partial charge is 0.219 e. The summed E-state index contributed by atoms with van der Waals surface area (Å²) in [4.78, 5) is 15.4. The minimum atomic E-state index is -0.597. The zero-order chi connectivity index (χ0) is 16.6. The van der Waals surface area contributed by atoms with Gasteiger partial charge in [-0.1, -0.05) is 13.8 Å². The molecule has 3 heterocycles. The number of β-amino-alcohol motifs (C(OH)–C–C–N with tert-alkyl or cyclic N) is 1. The molecule has 0 aromatic carbocycles. The third-order valence-corrected chi connectivity index (χ3v) is 4.15. The zero-order valence-corrected chi connectivity index (χ0v) is 13.7. The Morgan fingerprint density at radius 3 is 2.83 bits per heavy atom. The number of hydrogen-bond donors (Lipinski definition) is 1. The summed E-state index contributed by atoms with van der Waals surface area (Å²) in [5.41, 5.74) is 2.50. The summed E-state index contributed by atoms with van der Waals surface area (Å²) in [5, 5.41) is 22.9. The minimum Gasteiger partial charge on any atom is -0.389 e. The first-order valence-corrected chi connectivity index (χ1v) is 7.85. The van der Waals surface area contributed by atoms with E-state index >= 15 is 0 Å². The monoisotopic (exact) mass is 318 g/mol. The molecule has 8 heteroatoms. The average Bonchev–Trinajstić information content (AvgIpc) is 2.88. The van der Waals surface area contributed by atoms with Gasteiger partial charge >= 0.3 is 0 Å². The molecule has 0 bridgehead atoms. The highest BCUT2D eigenvalue weighted by Gasteiger charge is 2.25. The van der Waals surface area contributed by atoms with Crippen molar-refractivity contribution in [2.45, 2.75) is 32.8 Å². The van der Waals surface area contributed by atoms with Crippen molar-refractivity contribution in [3.63, 3.8) is 0 Å². The van der Waals surface area contributed by atoms with Crippen molar-refractivity contribution >= 4 is 17.2 Å². The van der Waals surface area contributed by atoms with Crippen LogP contribution >= 0.6 is 0 Å². The SMILES string of the molecule is CC(=O)N1CCN(c2cc(C(C)C)nn3cnnc23)CC(O)C1. The standard InChI is InChI=1S/C15H22N6O2/c1-10(2)13-6-14(15-17-16-9-21(15)18-13)20-5-4-19(11(3)22)7-12(23)8-20/h6,9-10,12,23H,4-5,7-8H2,1-3H3. The lowest BCUT2D eigenvalue weighted by Crippen LogP contribution is -2.36. The first-order valence-electron chi connectivity index (χ1n) is 7.85. The number of anilines is 1. The summed E-state index contributed by atoms with van der Waals surface area (Å²) in [5.74, 6) is 0.252. The highest BCUT2D eigenvalue weighted by Crippen LogP contribution is 2.25. The van der Waals surface area contributed by atoms with Crippen molar-refractivity contribution in [2.75, 3.05) is 31.1 Å². The number of aromatic nitrogens is 4. The Labute approximate surface area is 134 Å². The van der Waals surface area contributed by atoms with Crippen molar-refractivity contribution in [3.8, 4) is 0 Å². The highest BCUT2D eigenvalue weighted by molar-refractivity contribution is 5.74. The van der Waals surface area contributed by atoms with Crippen LogP contribution < -0.4 is 4.90 Å². The van der Waals surface area contributed by atoms with Crippen molar-refractivity contribution in [1.82, 2.24) is 24.7 Å². The number of nitrogens with zero attached hydrogens (tertiary/aromatic N) is 6. The van der Waals surface area contributed by atoms with Gasteiger partial charge in [0.05, 0.1) is 17.5 Å². The van der Waals surface area contributed by atoms with Gasteiger partial charge in [0.25, 0.3) is 0 Å². The van der Waals surface area contributed by atoms with Gasteiger partial charge in [-0.3, -0.25) is 4.79 Å². The quantitative estimate of drug-likeness (QED) is 0.856. The maximum atomic E-state index is 11.6. The number of carbonyl (C=O) groups is 1. The molecular weight excluding hydrogens is 296 g/mol. The topological polar surface area (TPSA) is 86.9 Å². The van der Waals surface area contributed by atoms with Crippen LogP contribution in [0.3, 0.4) is 0 Å². The van der Waals surface area contributed by atoms with Crippen molar-refractivity contribution in [1.29, 1.82) is 0 Å². The molecule has 1 N–H and O–H groups in total. The molecule has 8 nitrogen and oxygen atoms in total. The first kappa shape index (κ1) is 15.7. The van der Waals surface area contributed by atoms with Gasteiger partial charge in [-0.15, -0.1) is 10.2 Å². The van der Waals surface area contributed by atoms with E-state index in [-0.39, 0.29) is 11.8 Å². The van der Waals surface area contributed by atoms with Gasteiger partial charge in [-0.25, -0.2) is 0 Å². The average molecular weight is 318 g/mol. The molecule has 2 aromatic rings. The van der Waals surface area contributed by atoms with E-state index in [0.717, 1.165) is 11.4 Å². The van der Waals surface area contributed by atoms with Crippen LogP contribution in [-0.2, 0) is 4.79 Å². The van der Waals surface area contributed by atoms with Crippen LogP contribution in [0.5, 0.6) is 0 Å². The number of carbonyl (C=O) groups excluding carboxylic acids is 1. The van der Waals surface area contributed by atoms with E-state index in [9.17, 15) is 9.90 Å². The Balaban J connectivity index is 1.98. The maximum absolute atomic E-state index is 11.6. The molecule has 1 fully saturated rings. The number of amides is 1. The molecule has 1 aliphatic heterocycles. The van der Waals surface area contributed by atoms with Crippen LogP contribution in [0.4, 0.5) is 5.69 Å². The predicted octanol–water partition coefficient (Wildman–Crippen LogP) is 0.277. The highest BCUT2D eigenvalue weighted by atomic mass is 16.3. The Morgan fingerprint density at radius 2 is 2.13 bits per heavy atom. The lowest BCUT2D eigenvalue weighted by Gasteiger charge is -2.24. The molecule has 1 saturated heterocycles. The van der Waals surface area contributed by atoms with E-state index in [2.05, 4.69) is 34.0 Å². The third-order valence-electron chi connectivity index (χ3n) is 4.15. The fraction of sp³-hybridized carbons (Fsp3) is 0.600. The fourth-order valence-electron chi connectivity index (χ4n) is 2.84. The molecule has 0 aliphatic carbocycles. The summed E-state index contributed by atoms with van der Waals surface area (Å²) in [6, 6.07) is 2.00. The second-order valence-corrected chi connectivity index (χ2v) is 6.27. The Hall–Kier alpha value is -2.22. The maximum Gasteiger partial charge on any atom is 0.219 e. The van der Waals surface area contributed by atoms with Gasteiger partial charge in [-0.2, -0.15) is 9.61 Å². The van der Waals surface area contributed by atoms with Gasteiger partial charge in [0.1, 0.15) is 6.33 Å². The lowest BCUT2D eigenvalue weighted by atomic mass is 10.1. The van der Waals surface area contributed by atoms with E-state index in [4.69, 9.17) is 0 Å². The van der Waals surface area contributed by atoms with Crippen LogP contribution in [0.25, 0.3) is 5.65 Å². The van der Waals surface area contributed by atoms with E-state index in [0.29, 0.717) is 31.8 Å². The molecule has 1 unspecified atom stereocenters. The van der Waals surface area contributed by atoms with Gasteiger partial charge in [0.2, 0.25) is 11.6 Å². The summed E-state index contributed by atoms with van der Waals surface area (Å²) in [7, 11) is 0. The van der Waals surface area contributed by atoms with Crippen LogP contribution in [0.15, 0.2) is 12.4 Å². The second kappa shape index (κ2) is 6.11. The van der Waals surface area contributed by atoms with Crippen LogP contribution in [0, 0.1) is 0 Å². The Morgan fingerprint density at radius 1 is 1.35 bits per heavy atom. The fourth-order valence-corrected chi connectivity index (χ4v) is 2.84. The second-order valence-electron chi connectivity index (χ2n) is 6.27. The number of aliphatic hydroxyl groups excluding tert-OH is 1. The number of fused-ring (bicyclic) bond motifs is 1. The van der Waals surface area contributed by atoms with Crippen molar-refractivity contribution in [3.05, 3.63) is 18.1 Å². The summed E-state index contributed by atoms with van der Waals surface area (Å²) in [6.45, 7) is 7.72. The van der Waals surface area contributed by atoms with E-state index in [1.807, 2.05) is 6.07 Å². The molecule has 23 heavy (non-hydrogen) atoms. The molecule has 0 radical (unpaired) electrons. The molecule has 0 spiro atoms. The van der Waals surface area contributed by atoms with Gasteiger partial charge in [0, 0.05) is 33.1 Å². The molecular formula is C15H22N6O2. The minimum absolute atomic E-state index is 0.0175. The van der Waals surface area contributed by atoms with Crippen molar-refractivity contribution in [2.24, 2.45) is 0 Å². The largest absolute Gasteiger partial charge is 0.389 e. The van der Waals surface area contributed by atoms with E-state index < -0.39 is 6.10 Å². The molecule has 1 amide bonds. The normalized spacial score (nSPS) is 19.4. The Bertz CT molecular complexity index is 713. The summed E-state index contributed by atoms with van der Waals surface area (Å²) >= 11 is 0. The Kier molecular flexibility index (Phi) is 4.16. The summed E-state index contributed by atoms with van der Waals surface area (Å²) < 4.78 is 1.67. The van der Waals surface area contributed by atoms with Crippen LogP contribution in [0.2, 0.25) is 0 Å². The summed E-state index contributed by atoms with van der Waals surface area (Å²) in [6.07, 6.45) is 0.987. The molecule has 124 valence electrons. The van der Waals surface area contributed by atoms with Crippen molar-refractivity contribution < 1.29 is 9.90 Å². The van der Waals surface area contributed by atoms with Crippen LogP contribution in [0.1, 0.15) is 32.4 Å². The molecule has 2 aromatic heterocycles. The third kappa shape index (κ3) is 3.12. The molecule has 3 rings (SSSR count). The zero-order valence-electron chi connectivity index (χ0n) is 13.7. The molecule has 1 atom stereocenters. The van der Waals surface area contributed by atoms with Gasteiger partial charge in [-0.05, 0) is 12.0 Å². The predicted molar refractivity (Wildman–Crippen MR) is 85.3 cm³/mol. The van der Waals surface area contributed by atoms with Gasteiger partial charge in [0.15, 0.2) is 0 Å². The number of hydrogen-bond acceptors (Lipinski definition) is 6. The lowest BCUT2D eigenvalue weighted by molar-refractivity contribution is -0.129. The van der Waals surface area contributed by atoms with Crippen LogP contribution in [-0.4, -0.2) is 68.0 Å². The number of aliphatic hydroxyl groups is 1.